The number of aliphatic hydroxyl groups excluding tert-OH is 1. The SMILES string of the molecule is COC(=O)c1ccnc(NC(C)(C)C(C)O)c1. The maximum absolute atomic E-state index is 11.3. The normalized spacial score (nSPS) is 13.0. The van der Waals surface area contributed by atoms with Crippen molar-refractivity contribution >= 4 is 11.8 Å². The average Bonchev–Trinajstić information content (AvgIpc) is 2.27. The topological polar surface area (TPSA) is 71.5 Å². The summed E-state index contributed by atoms with van der Waals surface area (Å²) in [7, 11) is 1.33. The molecule has 0 saturated heterocycles. The Balaban J connectivity index is 2.90. The van der Waals surface area contributed by atoms with Gasteiger partial charge in [-0.05, 0) is 32.9 Å². The van der Waals surface area contributed by atoms with Crippen LogP contribution in [0.15, 0.2) is 18.3 Å². The molecule has 1 rings (SSSR count). The van der Waals surface area contributed by atoms with E-state index in [2.05, 4.69) is 15.0 Å². The van der Waals surface area contributed by atoms with Crippen molar-refractivity contribution < 1.29 is 14.6 Å². The predicted octanol–water partition coefficient (Wildman–Crippen LogP) is 1.44. The second-order valence-electron chi connectivity index (χ2n) is 4.44. The van der Waals surface area contributed by atoms with E-state index in [-0.39, 0.29) is 0 Å². The molecule has 5 heteroatoms. The zero-order valence-corrected chi connectivity index (χ0v) is 10.5. The Morgan fingerprint density at radius 3 is 2.76 bits per heavy atom. The lowest BCUT2D eigenvalue weighted by Gasteiger charge is -2.29. The fraction of sp³-hybridized carbons (Fsp3) is 0.500. The fourth-order valence-electron chi connectivity index (χ4n) is 1.18. The third kappa shape index (κ3) is 3.42. The molecule has 0 saturated carbocycles. The minimum atomic E-state index is -0.550. The van der Waals surface area contributed by atoms with E-state index >= 15 is 0 Å². The van der Waals surface area contributed by atoms with Crippen LogP contribution >= 0.6 is 0 Å². The lowest BCUT2D eigenvalue weighted by Crippen LogP contribution is -2.42. The van der Waals surface area contributed by atoms with Crippen LogP contribution in [0.2, 0.25) is 0 Å². The highest BCUT2D eigenvalue weighted by Gasteiger charge is 2.24. The molecule has 2 N–H and O–H groups in total. The van der Waals surface area contributed by atoms with Crippen LogP contribution < -0.4 is 5.32 Å². The molecule has 1 aromatic heterocycles. The number of aliphatic hydroxyl groups is 1. The molecule has 0 aromatic carbocycles. The molecule has 0 aliphatic carbocycles. The quantitative estimate of drug-likeness (QED) is 0.777. The van der Waals surface area contributed by atoms with Crippen molar-refractivity contribution in [1.29, 1.82) is 0 Å². The van der Waals surface area contributed by atoms with Gasteiger partial charge in [0.2, 0.25) is 0 Å². The molecule has 1 heterocycles. The van der Waals surface area contributed by atoms with Crippen LogP contribution in [0.1, 0.15) is 31.1 Å². The zero-order valence-electron chi connectivity index (χ0n) is 10.5. The number of methoxy groups -OCH3 is 1. The van der Waals surface area contributed by atoms with Crippen molar-refractivity contribution in [2.24, 2.45) is 0 Å². The predicted molar refractivity (Wildman–Crippen MR) is 65.0 cm³/mol. The largest absolute Gasteiger partial charge is 0.465 e. The maximum Gasteiger partial charge on any atom is 0.338 e. The Kier molecular flexibility index (Phi) is 4.07. The first kappa shape index (κ1) is 13.4. The van der Waals surface area contributed by atoms with Gasteiger partial charge in [-0.2, -0.15) is 0 Å². The van der Waals surface area contributed by atoms with Gasteiger partial charge >= 0.3 is 5.97 Å². The molecule has 0 spiro atoms. The number of carbonyl (C=O) groups excluding carboxylic acids is 1. The van der Waals surface area contributed by atoms with Gasteiger partial charge in [-0.25, -0.2) is 9.78 Å². The van der Waals surface area contributed by atoms with E-state index in [1.807, 2.05) is 13.8 Å². The van der Waals surface area contributed by atoms with Gasteiger partial charge in [-0.3, -0.25) is 0 Å². The van der Waals surface area contributed by atoms with E-state index < -0.39 is 17.6 Å². The van der Waals surface area contributed by atoms with Crippen molar-refractivity contribution in [3.63, 3.8) is 0 Å². The third-order valence-electron chi connectivity index (χ3n) is 2.68. The van der Waals surface area contributed by atoms with Crippen LogP contribution in [0.25, 0.3) is 0 Å². The molecule has 0 aliphatic heterocycles. The van der Waals surface area contributed by atoms with Crippen LogP contribution in [0.3, 0.4) is 0 Å². The van der Waals surface area contributed by atoms with Gasteiger partial charge in [0.1, 0.15) is 5.82 Å². The van der Waals surface area contributed by atoms with Crippen LogP contribution in [0, 0.1) is 0 Å². The molecule has 1 atom stereocenters. The summed E-state index contributed by atoms with van der Waals surface area (Å²) in [6.45, 7) is 5.39. The summed E-state index contributed by atoms with van der Waals surface area (Å²) in [4.78, 5) is 15.4. The van der Waals surface area contributed by atoms with Gasteiger partial charge in [0.15, 0.2) is 0 Å². The smallest absolute Gasteiger partial charge is 0.338 e. The first-order valence-electron chi connectivity index (χ1n) is 5.37. The van der Waals surface area contributed by atoms with Gasteiger partial charge < -0.3 is 15.2 Å². The molecule has 17 heavy (non-hydrogen) atoms. The Morgan fingerprint density at radius 2 is 2.24 bits per heavy atom. The van der Waals surface area contributed by atoms with E-state index in [0.29, 0.717) is 11.4 Å². The number of aromatic nitrogens is 1. The van der Waals surface area contributed by atoms with E-state index in [1.165, 1.54) is 13.3 Å². The van der Waals surface area contributed by atoms with Crippen molar-refractivity contribution in [3.05, 3.63) is 23.9 Å². The summed E-state index contributed by atoms with van der Waals surface area (Å²) in [5.74, 6) is 0.115. The average molecular weight is 238 g/mol. The highest BCUT2D eigenvalue weighted by Crippen LogP contribution is 2.17. The number of hydrogen-bond acceptors (Lipinski definition) is 5. The first-order valence-corrected chi connectivity index (χ1v) is 5.37. The van der Waals surface area contributed by atoms with Gasteiger partial charge in [0, 0.05) is 6.20 Å². The van der Waals surface area contributed by atoms with E-state index in [1.54, 1.807) is 19.1 Å². The summed E-state index contributed by atoms with van der Waals surface area (Å²) < 4.78 is 4.62. The van der Waals surface area contributed by atoms with Gasteiger partial charge in [0.25, 0.3) is 0 Å². The lowest BCUT2D eigenvalue weighted by atomic mass is 9.99. The standard InChI is InChI=1S/C12H18N2O3/c1-8(15)12(2,3)14-10-7-9(5-6-13-10)11(16)17-4/h5-8,15H,1-4H3,(H,13,14). The van der Waals surface area contributed by atoms with Crippen molar-refractivity contribution in [2.75, 3.05) is 12.4 Å². The highest BCUT2D eigenvalue weighted by molar-refractivity contribution is 5.90. The van der Waals surface area contributed by atoms with Crippen molar-refractivity contribution in [2.45, 2.75) is 32.4 Å². The van der Waals surface area contributed by atoms with Crippen LogP contribution in [0.4, 0.5) is 5.82 Å². The molecule has 1 aromatic rings. The van der Waals surface area contributed by atoms with Crippen molar-refractivity contribution in [3.8, 4) is 0 Å². The second kappa shape index (κ2) is 5.14. The number of carbonyl (C=O) groups is 1. The molecule has 0 amide bonds. The van der Waals surface area contributed by atoms with E-state index in [9.17, 15) is 9.90 Å². The number of esters is 1. The number of nitrogens with zero attached hydrogens (tertiary/aromatic N) is 1. The van der Waals surface area contributed by atoms with Gasteiger partial charge in [-0.15, -0.1) is 0 Å². The lowest BCUT2D eigenvalue weighted by molar-refractivity contribution is 0.0600. The molecule has 5 nitrogen and oxygen atoms in total. The molecule has 0 fully saturated rings. The summed E-state index contributed by atoms with van der Waals surface area (Å²) in [6, 6.07) is 3.17. The number of rotatable bonds is 4. The molecule has 1 unspecified atom stereocenters. The van der Waals surface area contributed by atoms with Gasteiger partial charge in [-0.1, -0.05) is 0 Å². The summed E-state index contributed by atoms with van der Waals surface area (Å²) in [5.41, 5.74) is -0.103. The molecule has 0 radical (unpaired) electrons. The summed E-state index contributed by atoms with van der Waals surface area (Å²) >= 11 is 0. The Labute approximate surface area is 101 Å². The third-order valence-corrected chi connectivity index (χ3v) is 2.68. The van der Waals surface area contributed by atoms with Crippen LogP contribution in [0.5, 0.6) is 0 Å². The Bertz CT molecular complexity index is 402. The van der Waals surface area contributed by atoms with E-state index in [4.69, 9.17) is 0 Å². The van der Waals surface area contributed by atoms with Crippen LogP contribution in [-0.2, 0) is 4.74 Å². The Hall–Kier alpha value is -1.62. The fourth-order valence-corrected chi connectivity index (χ4v) is 1.18. The molecule has 0 aliphatic rings. The van der Waals surface area contributed by atoms with Crippen LogP contribution in [-0.4, -0.2) is 34.8 Å². The zero-order chi connectivity index (χ0) is 13.1. The van der Waals surface area contributed by atoms with Crippen molar-refractivity contribution in [1.82, 2.24) is 4.98 Å². The van der Waals surface area contributed by atoms with E-state index in [0.717, 1.165) is 0 Å². The number of ether oxygens (including phenoxy) is 1. The van der Waals surface area contributed by atoms with Gasteiger partial charge in [0.05, 0.1) is 24.3 Å². The molecule has 94 valence electrons. The first-order chi connectivity index (χ1) is 7.86. The number of hydrogen-bond donors (Lipinski definition) is 2. The Morgan fingerprint density at radius 1 is 1.59 bits per heavy atom. The maximum atomic E-state index is 11.3. The minimum absolute atomic E-state index is 0.412. The highest BCUT2D eigenvalue weighted by atomic mass is 16.5. The minimum Gasteiger partial charge on any atom is -0.465 e. The molecule has 0 bridgehead atoms. The molecular weight excluding hydrogens is 220 g/mol. The molecular formula is C12H18N2O3. The summed E-state index contributed by atoms with van der Waals surface area (Å²) in [5, 5.41) is 12.7. The number of anilines is 1. The second-order valence-corrected chi connectivity index (χ2v) is 4.44. The number of nitrogens with one attached hydrogen (secondary N) is 1. The monoisotopic (exact) mass is 238 g/mol. The summed E-state index contributed by atoms with van der Waals surface area (Å²) in [6.07, 6.45) is 0.971. The number of pyridine rings is 1.